The highest BCUT2D eigenvalue weighted by molar-refractivity contribution is 7.89. The fourth-order valence-corrected chi connectivity index (χ4v) is 5.52. The van der Waals surface area contributed by atoms with Crippen molar-refractivity contribution in [3.8, 4) is 0 Å². The predicted octanol–water partition coefficient (Wildman–Crippen LogP) is 3.56. The first kappa shape index (κ1) is 20.6. The SMILES string of the molecule is Cc1cccn2cc(COC(=O)c3ccc(S(=O)(=O)N4CCCCC4C)cc3)nc12. The summed E-state index contributed by atoms with van der Waals surface area (Å²) < 4.78 is 34.6. The smallest absolute Gasteiger partial charge is 0.338 e. The maximum absolute atomic E-state index is 12.9. The summed E-state index contributed by atoms with van der Waals surface area (Å²) in [5.74, 6) is -0.515. The molecule has 0 saturated carbocycles. The van der Waals surface area contributed by atoms with E-state index in [4.69, 9.17) is 4.74 Å². The number of imidazole rings is 1. The standard InChI is InChI=1S/C22H25N3O4S/c1-16-6-5-12-24-14-19(23-21(16)24)15-29-22(26)18-8-10-20(11-9-18)30(27,28)25-13-4-3-7-17(25)2/h5-6,8-12,14,17H,3-4,7,13,15H2,1-2H3. The van der Waals surface area contributed by atoms with Crippen molar-refractivity contribution in [2.45, 2.75) is 50.7 Å². The molecule has 0 amide bonds. The molecule has 0 spiro atoms. The van der Waals surface area contributed by atoms with Crippen LogP contribution in [-0.2, 0) is 21.4 Å². The molecule has 0 bridgehead atoms. The first-order chi connectivity index (χ1) is 14.4. The van der Waals surface area contributed by atoms with Gasteiger partial charge in [0.05, 0.1) is 16.2 Å². The van der Waals surface area contributed by atoms with Crippen molar-refractivity contribution in [1.29, 1.82) is 0 Å². The van der Waals surface area contributed by atoms with Crippen LogP contribution in [0.3, 0.4) is 0 Å². The van der Waals surface area contributed by atoms with Gasteiger partial charge in [-0.1, -0.05) is 12.5 Å². The molecule has 1 unspecified atom stereocenters. The lowest BCUT2D eigenvalue weighted by atomic mass is 10.1. The lowest BCUT2D eigenvalue weighted by Crippen LogP contribution is -2.41. The fraction of sp³-hybridized carbons (Fsp3) is 0.364. The predicted molar refractivity (Wildman–Crippen MR) is 113 cm³/mol. The highest BCUT2D eigenvalue weighted by Crippen LogP contribution is 2.25. The summed E-state index contributed by atoms with van der Waals surface area (Å²) in [6.07, 6.45) is 6.50. The maximum Gasteiger partial charge on any atom is 0.338 e. The Bertz CT molecular complexity index is 1170. The van der Waals surface area contributed by atoms with E-state index in [1.807, 2.05) is 42.8 Å². The van der Waals surface area contributed by atoms with Crippen molar-refractivity contribution >= 4 is 21.6 Å². The van der Waals surface area contributed by atoms with Crippen molar-refractivity contribution in [2.24, 2.45) is 0 Å². The minimum atomic E-state index is -3.56. The van der Waals surface area contributed by atoms with Gasteiger partial charge in [-0.05, 0) is 62.6 Å². The van der Waals surface area contributed by atoms with Gasteiger partial charge in [-0.15, -0.1) is 0 Å². The van der Waals surface area contributed by atoms with E-state index in [2.05, 4.69) is 4.98 Å². The minimum absolute atomic E-state index is 0.0116. The van der Waals surface area contributed by atoms with Crippen LogP contribution in [0.4, 0.5) is 0 Å². The molecule has 0 radical (unpaired) electrons. The van der Waals surface area contributed by atoms with Crippen LogP contribution >= 0.6 is 0 Å². The molecule has 1 atom stereocenters. The number of ether oxygens (including phenoxy) is 1. The van der Waals surface area contributed by atoms with Crippen LogP contribution in [0.25, 0.3) is 5.65 Å². The number of pyridine rings is 1. The van der Waals surface area contributed by atoms with Crippen LogP contribution in [0.15, 0.2) is 53.7 Å². The third kappa shape index (κ3) is 3.97. The first-order valence-electron chi connectivity index (χ1n) is 10.1. The molecular weight excluding hydrogens is 402 g/mol. The largest absolute Gasteiger partial charge is 0.456 e. The van der Waals surface area contributed by atoms with Crippen LogP contribution in [0, 0.1) is 6.92 Å². The number of nitrogens with zero attached hydrogens (tertiary/aromatic N) is 3. The normalized spacial score (nSPS) is 17.9. The molecule has 3 aromatic rings. The Morgan fingerprint density at radius 2 is 1.97 bits per heavy atom. The number of aryl methyl sites for hydroxylation is 1. The summed E-state index contributed by atoms with van der Waals surface area (Å²) in [6, 6.07) is 9.83. The highest BCUT2D eigenvalue weighted by atomic mass is 32.2. The second kappa shape index (κ2) is 8.20. The number of esters is 1. The number of rotatable bonds is 5. The molecule has 1 aromatic carbocycles. The average Bonchev–Trinajstić information content (AvgIpc) is 3.17. The summed E-state index contributed by atoms with van der Waals surface area (Å²) in [4.78, 5) is 17.1. The van der Waals surface area contributed by atoms with Crippen molar-refractivity contribution in [3.05, 3.63) is 65.6 Å². The van der Waals surface area contributed by atoms with Gasteiger partial charge in [0.15, 0.2) is 0 Å². The molecule has 1 fully saturated rings. The van der Waals surface area contributed by atoms with Gasteiger partial charge < -0.3 is 9.14 Å². The summed E-state index contributed by atoms with van der Waals surface area (Å²) >= 11 is 0. The monoisotopic (exact) mass is 427 g/mol. The van der Waals surface area contributed by atoms with Gasteiger partial charge in [-0.25, -0.2) is 18.2 Å². The number of hydrogen-bond acceptors (Lipinski definition) is 5. The zero-order valence-corrected chi connectivity index (χ0v) is 17.9. The molecule has 1 saturated heterocycles. The Balaban J connectivity index is 1.44. The Kier molecular flexibility index (Phi) is 5.62. The van der Waals surface area contributed by atoms with Crippen LogP contribution < -0.4 is 0 Å². The van der Waals surface area contributed by atoms with E-state index in [1.165, 1.54) is 24.3 Å². The third-order valence-corrected chi connectivity index (χ3v) is 7.55. The molecule has 3 heterocycles. The number of sulfonamides is 1. The second-order valence-corrected chi connectivity index (χ2v) is 9.61. The molecule has 1 aliphatic rings. The zero-order chi connectivity index (χ0) is 21.3. The highest BCUT2D eigenvalue weighted by Gasteiger charge is 2.31. The van der Waals surface area contributed by atoms with Crippen molar-refractivity contribution in [2.75, 3.05) is 6.54 Å². The molecule has 7 nitrogen and oxygen atoms in total. The van der Waals surface area contributed by atoms with Gasteiger partial charge in [-0.2, -0.15) is 4.31 Å². The molecular formula is C22H25N3O4S. The molecule has 30 heavy (non-hydrogen) atoms. The van der Waals surface area contributed by atoms with Gasteiger partial charge in [0.1, 0.15) is 12.3 Å². The van der Waals surface area contributed by atoms with E-state index in [0.717, 1.165) is 30.5 Å². The van der Waals surface area contributed by atoms with Gasteiger partial charge in [0.2, 0.25) is 10.0 Å². The Labute approximate surface area is 176 Å². The Hall–Kier alpha value is -2.71. The second-order valence-electron chi connectivity index (χ2n) is 7.72. The number of fused-ring (bicyclic) bond motifs is 1. The van der Waals surface area contributed by atoms with Crippen molar-refractivity contribution in [3.63, 3.8) is 0 Å². The van der Waals surface area contributed by atoms with E-state index in [1.54, 1.807) is 4.31 Å². The quantitative estimate of drug-likeness (QED) is 0.582. The molecule has 0 aliphatic carbocycles. The number of aromatic nitrogens is 2. The first-order valence-corrected chi connectivity index (χ1v) is 11.5. The van der Waals surface area contributed by atoms with Gasteiger partial charge in [0, 0.05) is 25.0 Å². The van der Waals surface area contributed by atoms with E-state index in [-0.39, 0.29) is 17.5 Å². The average molecular weight is 428 g/mol. The molecule has 2 aromatic heterocycles. The maximum atomic E-state index is 12.9. The molecule has 8 heteroatoms. The van der Waals surface area contributed by atoms with Crippen LogP contribution in [0.5, 0.6) is 0 Å². The Morgan fingerprint density at radius 1 is 1.20 bits per heavy atom. The van der Waals surface area contributed by atoms with Crippen molar-refractivity contribution < 1.29 is 17.9 Å². The number of carbonyl (C=O) groups excluding carboxylic acids is 1. The summed E-state index contributed by atoms with van der Waals surface area (Å²) in [6.45, 7) is 4.48. The zero-order valence-electron chi connectivity index (χ0n) is 17.1. The van der Waals surface area contributed by atoms with Crippen LogP contribution in [0.2, 0.25) is 0 Å². The van der Waals surface area contributed by atoms with E-state index in [9.17, 15) is 13.2 Å². The summed E-state index contributed by atoms with van der Waals surface area (Å²) in [5, 5.41) is 0. The van der Waals surface area contributed by atoms with Crippen LogP contribution in [0.1, 0.15) is 47.8 Å². The fourth-order valence-electron chi connectivity index (χ4n) is 3.82. The summed E-state index contributed by atoms with van der Waals surface area (Å²) in [5.41, 5.74) is 2.82. The van der Waals surface area contributed by atoms with Crippen molar-refractivity contribution in [1.82, 2.24) is 13.7 Å². The number of hydrogen-bond donors (Lipinski definition) is 0. The minimum Gasteiger partial charge on any atom is -0.456 e. The van der Waals surface area contributed by atoms with Gasteiger partial charge in [0.25, 0.3) is 0 Å². The number of carbonyl (C=O) groups is 1. The summed E-state index contributed by atoms with van der Waals surface area (Å²) in [7, 11) is -3.56. The third-order valence-electron chi connectivity index (χ3n) is 5.52. The van der Waals surface area contributed by atoms with E-state index >= 15 is 0 Å². The van der Waals surface area contributed by atoms with E-state index in [0.29, 0.717) is 17.8 Å². The topological polar surface area (TPSA) is 81.0 Å². The molecule has 158 valence electrons. The number of piperidine rings is 1. The van der Waals surface area contributed by atoms with Gasteiger partial charge >= 0.3 is 5.97 Å². The lowest BCUT2D eigenvalue weighted by Gasteiger charge is -2.32. The van der Waals surface area contributed by atoms with E-state index < -0.39 is 16.0 Å². The lowest BCUT2D eigenvalue weighted by molar-refractivity contribution is 0.0468. The molecule has 4 rings (SSSR count). The molecule has 1 aliphatic heterocycles. The number of benzene rings is 1. The Morgan fingerprint density at radius 3 is 2.67 bits per heavy atom. The van der Waals surface area contributed by atoms with Crippen LogP contribution in [-0.4, -0.2) is 40.7 Å². The molecule has 0 N–H and O–H groups in total. The van der Waals surface area contributed by atoms with Gasteiger partial charge in [-0.3, -0.25) is 0 Å².